The summed E-state index contributed by atoms with van der Waals surface area (Å²) < 4.78 is 5.44. The quantitative estimate of drug-likeness (QED) is 0.378. The Morgan fingerprint density at radius 2 is 1.77 bits per heavy atom. The first-order valence-corrected chi connectivity index (χ1v) is 9.15. The van der Waals surface area contributed by atoms with Gasteiger partial charge < -0.3 is 9.84 Å². The summed E-state index contributed by atoms with van der Waals surface area (Å²) in [7, 11) is 0. The smallest absolute Gasteiger partial charge is 0.323 e. The van der Waals surface area contributed by atoms with Crippen LogP contribution in [0.5, 0.6) is 11.5 Å². The molecule has 2 aromatic carbocycles. The molecule has 2 aromatic rings. The van der Waals surface area contributed by atoms with Crippen molar-refractivity contribution < 1.29 is 34.1 Å². The van der Waals surface area contributed by atoms with E-state index in [2.05, 4.69) is 0 Å². The summed E-state index contributed by atoms with van der Waals surface area (Å²) >= 11 is 0.608. The van der Waals surface area contributed by atoms with Gasteiger partial charge in [0.25, 0.3) is 16.8 Å². The molecule has 158 valence electrons. The maximum atomic E-state index is 12.2. The lowest BCUT2D eigenvalue weighted by atomic mass is 10.2. The first-order valence-electron chi connectivity index (χ1n) is 8.33. The number of thioether (sulfide) groups is 1. The van der Waals surface area contributed by atoms with Crippen molar-refractivity contribution in [1.29, 1.82) is 0 Å². The van der Waals surface area contributed by atoms with Crippen LogP contribution in [0.3, 0.4) is 0 Å². The Hall–Kier alpha value is -4.26. The highest BCUT2D eigenvalue weighted by Crippen LogP contribution is 2.35. The van der Waals surface area contributed by atoms with Crippen LogP contribution in [0.25, 0.3) is 6.08 Å². The molecular formula is C18H11N3O9S. The Kier molecular flexibility index (Phi) is 5.97. The zero-order valence-electron chi connectivity index (χ0n) is 15.3. The van der Waals surface area contributed by atoms with Gasteiger partial charge in [0.15, 0.2) is 0 Å². The lowest BCUT2D eigenvalue weighted by molar-refractivity contribution is -0.394. The van der Waals surface area contributed by atoms with Gasteiger partial charge in [-0.2, -0.15) is 0 Å². The molecule has 2 amide bonds. The average Bonchev–Trinajstić information content (AvgIpc) is 2.96. The van der Waals surface area contributed by atoms with Crippen LogP contribution in [-0.4, -0.2) is 43.5 Å². The van der Waals surface area contributed by atoms with E-state index in [9.17, 15) is 34.6 Å². The maximum absolute atomic E-state index is 12.2. The molecule has 1 N–H and O–H groups in total. The number of aliphatic carboxylic acids is 1. The molecule has 1 aliphatic rings. The van der Waals surface area contributed by atoms with E-state index >= 15 is 0 Å². The summed E-state index contributed by atoms with van der Waals surface area (Å²) in [5.74, 6) is -2.05. The minimum Gasteiger partial charge on any atom is -0.480 e. The van der Waals surface area contributed by atoms with Gasteiger partial charge in [0.05, 0.1) is 20.8 Å². The van der Waals surface area contributed by atoms with Crippen molar-refractivity contribution >= 4 is 46.3 Å². The normalized spacial score (nSPS) is 14.7. The highest BCUT2D eigenvalue weighted by atomic mass is 32.2. The van der Waals surface area contributed by atoms with Gasteiger partial charge in [-0.3, -0.25) is 39.5 Å². The molecule has 1 saturated heterocycles. The zero-order chi connectivity index (χ0) is 22.7. The number of nitrogens with zero attached hydrogens (tertiary/aromatic N) is 3. The highest BCUT2D eigenvalue weighted by Gasteiger charge is 2.36. The highest BCUT2D eigenvalue weighted by molar-refractivity contribution is 8.18. The molecule has 1 aliphatic heterocycles. The van der Waals surface area contributed by atoms with Gasteiger partial charge in [0, 0.05) is 6.07 Å². The Labute approximate surface area is 177 Å². The Balaban J connectivity index is 1.79. The van der Waals surface area contributed by atoms with E-state index in [4.69, 9.17) is 9.84 Å². The van der Waals surface area contributed by atoms with E-state index in [-0.39, 0.29) is 16.4 Å². The van der Waals surface area contributed by atoms with Crippen molar-refractivity contribution in [1.82, 2.24) is 4.90 Å². The minimum atomic E-state index is -1.31. The number of carboxylic acid groups (broad SMARTS) is 1. The molecule has 31 heavy (non-hydrogen) atoms. The number of carbonyl (C=O) groups is 3. The molecule has 1 heterocycles. The van der Waals surface area contributed by atoms with Gasteiger partial charge >= 0.3 is 11.7 Å². The number of ether oxygens (including phenoxy) is 1. The molecule has 0 aliphatic carbocycles. The van der Waals surface area contributed by atoms with Gasteiger partial charge in [-0.1, -0.05) is 12.1 Å². The van der Waals surface area contributed by atoms with E-state index in [1.165, 1.54) is 30.3 Å². The predicted octanol–water partition coefficient (Wildman–Crippen LogP) is 3.42. The largest absolute Gasteiger partial charge is 0.480 e. The molecule has 0 aromatic heterocycles. The molecular weight excluding hydrogens is 434 g/mol. The van der Waals surface area contributed by atoms with E-state index < -0.39 is 44.9 Å². The van der Waals surface area contributed by atoms with Crippen molar-refractivity contribution in [3.05, 3.63) is 73.2 Å². The fraction of sp³-hybridized carbons (Fsp3) is 0.0556. The van der Waals surface area contributed by atoms with Crippen LogP contribution >= 0.6 is 11.8 Å². The predicted molar refractivity (Wildman–Crippen MR) is 107 cm³/mol. The summed E-state index contributed by atoms with van der Waals surface area (Å²) in [6, 6.07) is 8.88. The number of nitro benzene ring substituents is 2. The van der Waals surface area contributed by atoms with E-state index in [1.807, 2.05) is 0 Å². The third-order valence-corrected chi connectivity index (χ3v) is 4.83. The number of carboxylic acids is 1. The van der Waals surface area contributed by atoms with Gasteiger partial charge in [0.1, 0.15) is 12.3 Å². The van der Waals surface area contributed by atoms with Crippen LogP contribution in [0, 0.1) is 20.2 Å². The van der Waals surface area contributed by atoms with Crippen molar-refractivity contribution in [2.75, 3.05) is 6.54 Å². The molecule has 0 saturated carbocycles. The molecule has 13 heteroatoms. The van der Waals surface area contributed by atoms with Crippen molar-refractivity contribution in [2.24, 2.45) is 0 Å². The van der Waals surface area contributed by atoms with E-state index in [0.29, 0.717) is 22.2 Å². The number of hydrogen-bond donors (Lipinski definition) is 1. The third kappa shape index (κ3) is 4.84. The molecule has 0 spiro atoms. The second kappa shape index (κ2) is 8.62. The lowest BCUT2D eigenvalue weighted by Crippen LogP contribution is -2.33. The van der Waals surface area contributed by atoms with Gasteiger partial charge in [-0.25, -0.2) is 0 Å². The molecule has 0 unspecified atom stereocenters. The van der Waals surface area contributed by atoms with Crippen LogP contribution < -0.4 is 4.74 Å². The van der Waals surface area contributed by atoms with Gasteiger partial charge in [-0.05, 0) is 41.6 Å². The van der Waals surface area contributed by atoms with Crippen LogP contribution in [-0.2, 0) is 9.59 Å². The Morgan fingerprint density at radius 3 is 2.35 bits per heavy atom. The standard InChI is InChI=1S/C18H11N3O9S/c22-16(23)9-19-17(24)15(31-18(19)25)7-10-1-4-12(5-2-10)30-14-6-3-11(20(26)27)8-13(14)21(28)29/h1-8H,9H2,(H,22,23)/b15-7+. The monoisotopic (exact) mass is 445 g/mol. The molecule has 3 rings (SSSR count). The molecule has 12 nitrogen and oxygen atoms in total. The fourth-order valence-electron chi connectivity index (χ4n) is 2.53. The van der Waals surface area contributed by atoms with Crippen LogP contribution in [0.15, 0.2) is 47.4 Å². The molecule has 0 radical (unpaired) electrons. The Morgan fingerprint density at radius 1 is 1.10 bits per heavy atom. The SMILES string of the molecule is O=C(O)CN1C(=O)S/C(=C/c2ccc(Oc3ccc([N+](=O)[O-])cc3[N+](=O)[O-])cc2)C1=O. The molecule has 1 fully saturated rings. The maximum Gasteiger partial charge on any atom is 0.323 e. The number of amides is 2. The molecule has 0 bridgehead atoms. The van der Waals surface area contributed by atoms with Crippen LogP contribution in [0.1, 0.15) is 5.56 Å². The number of non-ortho nitro benzene ring substituents is 1. The zero-order valence-corrected chi connectivity index (χ0v) is 16.1. The summed E-state index contributed by atoms with van der Waals surface area (Å²) in [5, 5.41) is 30.1. The number of carbonyl (C=O) groups excluding carboxylic acids is 2. The van der Waals surface area contributed by atoms with Crippen LogP contribution in [0.4, 0.5) is 16.2 Å². The number of benzene rings is 2. The van der Waals surface area contributed by atoms with E-state index in [1.54, 1.807) is 0 Å². The van der Waals surface area contributed by atoms with Gasteiger partial charge in [0.2, 0.25) is 5.75 Å². The fourth-order valence-corrected chi connectivity index (χ4v) is 3.37. The topological polar surface area (TPSA) is 170 Å². The average molecular weight is 445 g/mol. The summed E-state index contributed by atoms with van der Waals surface area (Å²) in [6.07, 6.45) is 1.39. The van der Waals surface area contributed by atoms with Gasteiger partial charge in [-0.15, -0.1) is 0 Å². The summed E-state index contributed by atoms with van der Waals surface area (Å²) in [5.41, 5.74) is -0.539. The lowest BCUT2D eigenvalue weighted by Gasteiger charge is -2.08. The van der Waals surface area contributed by atoms with Crippen LogP contribution in [0.2, 0.25) is 0 Å². The third-order valence-electron chi connectivity index (χ3n) is 3.92. The number of hydrogen-bond acceptors (Lipinski definition) is 9. The second-order valence-corrected chi connectivity index (χ2v) is 6.99. The second-order valence-electron chi connectivity index (χ2n) is 6.00. The molecule has 0 atom stereocenters. The first kappa shape index (κ1) is 21.4. The number of imide groups is 1. The summed E-state index contributed by atoms with van der Waals surface area (Å²) in [4.78, 5) is 55.8. The summed E-state index contributed by atoms with van der Waals surface area (Å²) in [6.45, 7) is -0.733. The number of nitro groups is 2. The Bertz CT molecular complexity index is 1140. The van der Waals surface area contributed by atoms with Crippen molar-refractivity contribution in [3.8, 4) is 11.5 Å². The number of rotatable bonds is 7. The minimum absolute atomic E-state index is 0.0472. The first-order chi connectivity index (χ1) is 14.7. The van der Waals surface area contributed by atoms with Crippen molar-refractivity contribution in [2.45, 2.75) is 0 Å². The van der Waals surface area contributed by atoms with Crippen molar-refractivity contribution in [3.63, 3.8) is 0 Å². The van der Waals surface area contributed by atoms with E-state index in [0.717, 1.165) is 18.2 Å².